The van der Waals surface area contributed by atoms with Crippen LogP contribution in [-0.4, -0.2) is 18.8 Å². The molecule has 4 nitrogen and oxygen atoms in total. The number of fused-ring (bicyclic) bond motifs is 1. The molecule has 0 fully saturated rings. The minimum Gasteiger partial charge on any atom is -0.496 e. The Balaban J connectivity index is 1.97. The number of carbonyl (C=O) groups is 2. The number of Topliss-reactive ketones (excluding diaryl/α,β-unsaturated/α-hetero) is 1. The first kappa shape index (κ1) is 17.7. The van der Waals surface area contributed by atoms with E-state index in [0.29, 0.717) is 21.9 Å². The molecule has 0 saturated carbocycles. The number of hydrogen-bond acceptors (Lipinski definition) is 4. The molecule has 1 aliphatic carbocycles. The molecule has 3 rings (SSSR count). The number of anilines is 1. The van der Waals surface area contributed by atoms with Gasteiger partial charge in [-0.15, -0.1) is 11.3 Å². The minimum absolute atomic E-state index is 0.00512. The number of benzene rings is 1. The maximum absolute atomic E-state index is 12.7. The van der Waals surface area contributed by atoms with E-state index < -0.39 is 0 Å². The molecule has 1 amide bonds. The minimum atomic E-state index is -0.252. The van der Waals surface area contributed by atoms with Crippen LogP contribution in [0.4, 0.5) is 5.00 Å². The Morgan fingerprint density at radius 3 is 2.64 bits per heavy atom. The second-order valence-electron chi connectivity index (χ2n) is 7.26. The second kappa shape index (κ2) is 6.64. The van der Waals surface area contributed by atoms with E-state index in [1.54, 1.807) is 32.2 Å². The zero-order valence-corrected chi connectivity index (χ0v) is 15.9. The van der Waals surface area contributed by atoms with Crippen LogP contribution in [0.25, 0.3) is 0 Å². The van der Waals surface area contributed by atoms with Crippen LogP contribution in [0.5, 0.6) is 5.75 Å². The number of carbonyl (C=O) groups excluding carboxylic acids is 2. The fourth-order valence-electron chi connectivity index (χ4n) is 3.38. The van der Waals surface area contributed by atoms with E-state index in [1.165, 1.54) is 16.2 Å². The van der Waals surface area contributed by atoms with Gasteiger partial charge >= 0.3 is 0 Å². The summed E-state index contributed by atoms with van der Waals surface area (Å²) in [7, 11) is 1.54. The molecule has 1 N–H and O–H groups in total. The van der Waals surface area contributed by atoms with E-state index in [2.05, 4.69) is 19.2 Å². The smallest absolute Gasteiger partial charge is 0.260 e. The molecule has 1 aromatic carbocycles. The molecule has 132 valence electrons. The number of hydrogen-bond donors (Lipinski definition) is 1. The summed E-state index contributed by atoms with van der Waals surface area (Å²) in [5.74, 6) is 0.273. The molecule has 1 aliphatic rings. The van der Waals surface area contributed by atoms with Gasteiger partial charge < -0.3 is 10.1 Å². The SMILES string of the molecule is COc1ccccc1C(=O)Nc1sc2c(c1C(C)=O)CC(C)(C)CC2. The summed E-state index contributed by atoms with van der Waals surface area (Å²) in [6.45, 7) is 6.03. The molecule has 0 bridgehead atoms. The third-order valence-electron chi connectivity index (χ3n) is 4.71. The van der Waals surface area contributed by atoms with Crippen molar-refractivity contribution in [2.75, 3.05) is 12.4 Å². The Labute approximate surface area is 152 Å². The predicted molar refractivity (Wildman–Crippen MR) is 101 cm³/mol. The Morgan fingerprint density at radius 1 is 1.24 bits per heavy atom. The lowest BCUT2D eigenvalue weighted by molar-refractivity contribution is 0.101. The summed E-state index contributed by atoms with van der Waals surface area (Å²) in [5.41, 5.74) is 2.44. The van der Waals surface area contributed by atoms with Gasteiger partial charge in [-0.05, 0) is 49.3 Å². The highest BCUT2D eigenvalue weighted by Gasteiger charge is 2.32. The molecule has 0 spiro atoms. The van der Waals surface area contributed by atoms with Gasteiger partial charge in [0.05, 0.1) is 18.2 Å². The second-order valence-corrected chi connectivity index (χ2v) is 8.36. The van der Waals surface area contributed by atoms with E-state index in [1.807, 2.05) is 6.07 Å². The van der Waals surface area contributed by atoms with Crippen molar-refractivity contribution in [3.05, 3.63) is 45.8 Å². The van der Waals surface area contributed by atoms with E-state index in [4.69, 9.17) is 4.74 Å². The highest BCUT2D eigenvalue weighted by Crippen LogP contribution is 2.44. The van der Waals surface area contributed by atoms with Gasteiger partial charge in [-0.3, -0.25) is 9.59 Å². The molecule has 0 aliphatic heterocycles. The molecule has 2 aromatic rings. The number of para-hydroxylation sites is 1. The maximum atomic E-state index is 12.7. The average Bonchev–Trinajstić information content (AvgIpc) is 2.90. The van der Waals surface area contributed by atoms with Crippen molar-refractivity contribution in [3.63, 3.8) is 0 Å². The fraction of sp³-hybridized carbons (Fsp3) is 0.400. The number of rotatable bonds is 4. The molecule has 0 saturated heterocycles. The van der Waals surface area contributed by atoms with Gasteiger partial charge in [0.1, 0.15) is 10.8 Å². The van der Waals surface area contributed by atoms with E-state index >= 15 is 0 Å². The average molecular weight is 357 g/mol. The van der Waals surface area contributed by atoms with Crippen molar-refractivity contribution in [2.45, 2.75) is 40.0 Å². The van der Waals surface area contributed by atoms with Crippen LogP contribution in [0.15, 0.2) is 24.3 Å². The van der Waals surface area contributed by atoms with Gasteiger partial charge in [-0.1, -0.05) is 26.0 Å². The van der Waals surface area contributed by atoms with Gasteiger partial charge in [0.25, 0.3) is 5.91 Å². The van der Waals surface area contributed by atoms with Crippen molar-refractivity contribution in [1.29, 1.82) is 0 Å². The number of thiophene rings is 1. The number of methoxy groups -OCH3 is 1. The zero-order valence-electron chi connectivity index (χ0n) is 15.1. The van der Waals surface area contributed by atoms with Crippen LogP contribution in [0, 0.1) is 5.41 Å². The summed E-state index contributed by atoms with van der Waals surface area (Å²) >= 11 is 1.53. The molecule has 25 heavy (non-hydrogen) atoms. The molecule has 1 aromatic heterocycles. The third kappa shape index (κ3) is 3.47. The topological polar surface area (TPSA) is 55.4 Å². The van der Waals surface area contributed by atoms with Crippen LogP contribution in [-0.2, 0) is 12.8 Å². The van der Waals surface area contributed by atoms with Crippen LogP contribution in [0.2, 0.25) is 0 Å². The molecule has 1 heterocycles. The number of ether oxygens (including phenoxy) is 1. The van der Waals surface area contributed by atoms with Crippen molar-refractivity contribution in [1.82, 2.24) is 0 Å². The standard InChI is InChI=1S/C20H23NO3S/c1-12(22)17-14-11-20(2,3)10-9-16(14)25-19(17)21-18(23)13-7-5-6-8-15(13)24-4/h5-8H,9-11H2,1-4H3,(H,21,23). The quantitative estimate of drug-likeness (QED) is 0.805. The largest absolute Gasteiger partial charge is 0.496 e. The molecule has 0 radical (unpaired) electrons. The van der Waals surface area contributed by atoms with Crippen molar-refractivity contribution < 1.29 is 14.3 Å². The summed E-state index contributed by atoms with van der Waals surface area (Å²) in [6, 6.07) is 7.09. The van der Waals surface area contributed by atoms with E-state index in [0.717, 1.165) is 24.8 Å². The van der Waals surface area contributed by atoms with Crippen molar-refractivity contribution in [3.8, 4) is 5.75 Å². The predicted octanol–water partition coefficient (Wildman–Crippen LogP) is 4.73. The molecule has 0 atom stereocenters. The fourth-order valence-corrected chi connectivity index (χ4v) is 4.64. The van der Waals surface area contributed by atoms with Gasteiger partial charge in [0.2, 0.25) is 0 Å². The molecule has 5 heteroatoms. The summed E-state index contributed by atoms with van der Waals surface area (Å²) in [5, 5.41) is 3.60. The lowest BCUT2D eigenvalue weighted by Gasteiger charge is -2.29. The van der Waals surface area contributed by atoms with Gasteiger partial charge in [0.15, 0.2) is 5.78 Å². The van der Waals surface area contributed by atoms with Crippen LogP contribution in [0.3, 0.4) is 0 Å². The number of amides is 1. The Hall–Kier alpha value is -2.14. The van der Waals surface area contributed by atoms with Gasteiger partial charge in [0, 0.05) is 4.88 Å². The summed E-state index contributed by atoms with van der Waals surface area (Å²) in [4.78, 5) is 26.2. The summed E-state index contributed by atoms with van der Waals surface area (Å²) < 4.78 is 5.27. The Kier molecular flexibility index (Phi) is 4.69. The normalized spacial score (nSPS) is 15.4. The van der Waals surface area contributed by atoms with E-state index in [-0.39, 0.29) is 17.1 Å². The first-order valence-corrected chi connectivity index (χ1v) is 9.24. The lowest BCUT2D eigenvalue weighted by atomic mass is 9.76. The number of ketones is 1. The van der Waals surface area contributed by atoms with Gasteiger partial charge in [-0.25, -0.2) is 0 Å². The zero-order chi connectivity index (χ0) is 18.2. The first-order chi connectivity index (χ1) is 11.8. The third-order valence-corrected chi connectivity index (χ3v) is 5.91. The van der Waals surface area contributed by atoms with Crippen molar-refractivity contribution >= 4 is 28.0 Å². The van der Waals surface area contributed by atoms with Crippen LogP contribution >= 0.6 is 11.3 Å². The molecular weight excluding hydrogens is 334 g/mol. The monoisotopic (exact) mass is 357 g/mol. The maximum Gasteiger partial charge on any atom is 0.260 e. The lowest BCUT2D eigenvalue weighted by Crippen LogP contribution is -2.22. The van der Waals surface area contributed by atoms with Gasteiger partial charge in [-0.2, -0.15) is 0 Å². The molecular formula is C20H23NO3S. The highest BCUT2D eigenvalue weighted by atomic mass is 32.1. The summed E-state index contributed by atoms with van der Waals surface area (Å²) in [6.07, 6.45) is 2.92. The van der Waals surface area contributed by atoms with Crippen molar-refractivity contribution in [2.24, 2.45) is 5.41 Å². The number of nitrogens with one attached hydrogen (secondary N) is 1. The Morgan fingerprint density at radius 2 is 1.96 bits per heavy atom. The Bertz CT molecular complexity index is 835. The first-order valence-electron chi connectivity index (χ1n) is 8.42. The van der Waals surface area contributed by atoms with Crippen LogP contribution < -0.4 is 10.1 Å². The van der Waals surface area contributed by atoms with Crippen LogP contribution in [0.1, 0.15) is 58.3 Å². The van der Waals surface area contributed by atoms with E-state index in [9.17, 15) is 9.59 Å². The highest BCUT2D eigenvalue weighted by molar-refractivity contribution is 7.17. The number of aryl methyl sites for hydroxylation is 1. The molecule has 0 unspecified atom stereocenters.